The molecule has 110 valence electrons. The summed E-state index contributed by atoms with van der Waals surface area (Å²) in [6.07, 6.45) is 0.928. The first-order chi connectivity index (χ1) is 10.1. The molecule has 0 aromatic heterocycles. The van der Waals surface area contributed by atoms with E-state index >= 15 is 0 Å². The van der Waals surface area contributed by atoms with Gasteiger partial charge in [-0.2, -0.15) is 0 Å². The molecule has 4 nitrogen and oxygen atoms in total. The minimum Gasteiger partial charge on any atom is -0.490 e. The van der Waals surface area contributed by atoms with E-state index in [-0.39, 0.29) is 5.84 Å². The topological polar surface area (TPSA) is 68.3 Å². The molecule has 0 aliphatic carbocycles. The third-order valence-corrected chi connectivity index (χ3v) is 3.02. The molecule has 0 aliphatic heterocycles. The summed E-state index contributed by atoms with van der Waals surface area (Å²) in [5.74, 6) is 1.90. The highest BCUT2D eigenvalue weighted by atomic mass is 16.5. The lowest BCUT2D eigenvalue weighted by Gasteiger charge is -2.15. The molecule has 0 saturated carbocycles. The maximum absolute atomic E-state index is 7.67. The highest BCUT2D eigenvalue weighted by molar-refractivity contribution is 5.98. The van der Waals surface area contributed by atoms with E-state index in [1.54, 1.807) is 6.07 Å². The third-order valence-electron chi connectivity index (χ3n) is 3.02. The van der Waals surface area contributed by atoms with Crippen LogP contribution in [-0.4, -0.2) is 12.4 Å². The van der Waals surface area contributed by atoms with Gasteiger partial charge in [-0.15, -0.1) is 0 Å². The molecule has 0 atom stereocenters. The van der Waals surface area contributed by atoms with Crippen LogP contribution >= 0.6 is 0 Å². The first kappa shape index (κ1) is 14.9. The number of benzene rings is 2. The minimum absolute atomic E-state index is 0.0133. The normalized spacial score (nSPS) is 10.2. The van der Waals surface area contributed by atoms with Crippen molar-refractivity contribution in [3.05, 3.63) is 53.6 Å². The Morgan fingerprint density at radius 3 is 2.48 bits per heavy atom. The van der Waals surface area contributed by atoms with Crippen molar-refractivity contribution in [2.45, 2.75) is 20.3 Å². The molecule has 0 radical (unpaired) electrons. The summed E-state index contributed by atoms with van der Waals surface area (Å²) in [5, 5.41) is 7.67. The largest absolute Gasteiger partial charge is 0.490 e. The predicted octanol–water partition coefficient (Wildman–Crippen LogP) is 3.86. The molecule has 0 spiro atoms. The molecule has 0 fully saturated rings. The molecule has 0 amide bonds. The van der Waals surface area contributed by atoms with Crippen molar-refractivity contribution in [1.29, 1.82) is 5.41 Å². The second-order valence-corrected chi connectivity index (χ2v) is 4.76. The van der Waals surface area contributed by atoms with Gasteiger partial charge in [0.05, 0.1) is 12.2 Å². The van der Waals surface area contributed by atoms with Crippen molar-refractivity contribution in [2.24, 2.45) is 5.73 Å². The Morgan fingerprint density at radius 1 is 1.10 bits per heavy atom. The highest BCUT2D eigenvalue weighted by Crippen LogP contribution is 2.34. The van der Waals surface area contributed by atoms with E-state index in [2.05, 4.69) is 6.92 Å². The molecule has 2 aromatic carbocycles. The number of para-hydroxylation sites is 3. The molecule has 2 rings (SSSR count). The fraction of sp³-hybridized carbons (Fsp3) is 0.235. The van der Waals surface area contributed by atoms with E-state index < -0.39 is 0 Å². The van der Waals surface area contributed by atoms with E-state index in [4.69, 9.17) is 20.6 Å². The Kier molecular flexibility index (Phi) is 4.82. The summed E-state index contributed by atoms with van der Waals surface area (Å²) in [6.45, 7) is 4.61. The summed E-state index contributed by atoms with van der Waals surface area (Å²) in [4.78, 5) is 0. The van der Waals surface area contributed by atoms with Crippen molar-refractivity contribution < 1.29 is 9.47 Å². The first-order valence-electron chi connectivity index (χ1n) is 6.97. The van der Waals surface area contributed by atoms with Gasteiger partial charge in [0.2, 0.25) is 0 Å². The maximum Gasteiger partial charge on any atom is 0.169 e. The Morgan fingerprint density at radius 2 is 1.81 bits per heavy atom. The standard InChI is InChI=1S/C17H20N2O2/c1-3-11-20-14-9-4-5-10-15(14)21-16-12(2)7-6-8-13(16)17(18)19/h4-10H,3,11H2,1-2H3,(H3,18,19). The van der Waals surface area contributed by atoms with Gasteiger partial charge in [-0.1, -0.05) is 31.2 Å². The number of amidine groups is 1. The average Bonchev–Trinajstić information content (AvgIpc) is 2.48. The lowest BCUT2D eigenvalue weighted by atomic mass is 10.1. The fourth-order valence-corrected chi connectivity index (χ4v) is 1.98. The van der Waals surface area contributed by atoms with Gasteiger partial charge in [-0.25, -0.2) is 0 Å². The quantitative estimate of drug-likeness (QED) is 0.625. The third kappa shape index (κ3) is 3.54. The zero-order chi connectivity index (χ0) is 15.2. The van der Waals surface area contributed by atoms with Crippen molar-refractivity contribution in [1.82, 2.24) is 0 Å². The van der Waals surface area contributed by atoms with Crippen molar-refractivity contribution in [3.8, 4) is 17.2 Å². The van der Waals surface area contributed by atoms with Gasteiger partial charge in [-0.05, 0) is 37.1 Å². The fourth-order valence-electron chi connectivity index (χ4n) is 1.98. The summed E-state index contributed by atoms with van der Waals surface area (Å²) in [5.41, 5.74) is 7.14. The average molecular weight is 284 g/mol. The van der Waals surface area contributed by atoms with Crippen LogP contribution in [0.4, 0.5) is 0 Å². The molecule has 0 heterocycles. The van der Waals surface area contributed by atoms with E-state index in [9.17, 15) is 0 Å². The number of aryl methyl sites for hydroxylation is 1. The molecule has 0 bridgehead atoms. The summed E-state index contributed by atoms with van der Waals surface area (Å²) >= 11 is 0. The first-order valence-corrected chi connectivity index (χ1v) is 6.97. The van der Waals surface area contributed by atoms with Crippen LogP contribution in [0.5, 0.6) is 17.2 Å². The van der Waals surface area contributed by atoms with Gasteiger partial charge < -0.3 is 15.2 Å². The number of nitrogen functional groups attached to an aromatic ring is 1. The molecular formula is C17H20N2O2. The number of hydrogen-bond donors (Lipinski definition) is 2. The molecule has 0 unspecified atom stereocenters. The van der Waals surface area contributed by atoms with E-state index in [1.165, 1.54) is 0 Å². The van der Waals surface area contributed by atoms with Gasteiger partial charge in [0.25, 0.3) is 0 Å². The maximum atomic E-state index is 7.67. The Balaban J connectivity index is 2.37. The smallest absolute Gasteiger partial charge is 0.169 e. The van der Waals surface area contributed by atoms with Crippen molar-refractivity contribution >= 4 is 5.84 Å². The zero-order valence-corrected chi connectivity index (χ0v) is 12.3. The second kappa shape index (κ2) is 6.79. The van der Waals surface area contributed by atoms with Crippen LogP contribution in [0.1, 0.15) is 24.5 Å². The number of nitrogens with two attached hydrogens (primary N) is 1. The number of ether oxygens (including phenoxy) is 2. The van der Waals surface area contributed by atoms with Crippen LogP contribution in [0.25, 0.3) is 0 Å². The molecule has 0 aliphatic rings. The van der Waals surface area contributed by atoms with E-state index in [0.29, 0.717) is 29.4 Å². The SMILES string of the molecule is CCCOc1ccccc1Oc1c(C)cccc1C(=N)N. The highest BCUT2D eigenvalue weighted by Gasteiger charge is 2.13. The Bertz CT molecular complexity index is 638. The van der Waals surface area contributed by atoms with Crippen LogP contribution < -0.4 is 15.2 Å². The van der Waals surface area contributed by atoms with Crippen molar-refractivity contribution in [3.63, 3.8) is 0 Å². The lowest BCUT2D eigenvalue weighted by molar-refractivity contribution is 0.302. The molecule has 3 N–H and O–H groups in total. The molecule has 2 aromatic rings. The number of rotatable bonds is 6. The number of nitrogens with one attached hydrogen (secondary N) is 1. The Hall–Kier alpha value is -2.49. The van der Waals surface area contributed by atoms with Gasteiger partial charge >= 0.3 is 0 Å². The van der Waals surface area contributed by atoms with E-state index in [1.807, 2.05) is 43.3 Å². The van der Waals surface area contributed by atoms with Crippen LogP contribution in [0.15, 0.2) is 42.5 Å². The van der Waals surface area contributed by atoms with Crippen LogP contribution in [-0.2, 0) is 0 Å². The lowest BCUT2D eigenvalue weighted by Crippen LogP contribution is -2.13. The van der Waals surface area contributed by atoms with Gasteiger partial charge in [-0.3, -0.25) is 5.41 Å². The van der Waals surface area contributed by atoms with E-state index in [0.717, 1.165) is 12.0 Å². The second-order valence-electron chi connectivity index (χ2n) is 4.76. The van der Waals surface area contributed by atoms with Gasteiger partial charge in [0, 0.05) is 0 Å². The summed E-state index contributed by atoms with van der Waals surface area (Å²) < 4.78 is 11.7. The van der Waals surface area contributed by atoms with Gasteiger partial charge in [0.15, 0.2) is 11.5 Å². The zero-order valence-electron chi connectivity index (χ0n) is 12.3. The van der Waals surface area contributed by atoms with Crippen LogP contribution in [0.2, 0.25) is 0 Å². The summed E-state index contributed by atoms with van der Waals surface area (Å²) in [6, 6.07) is 13.1. The monoisotopic (exact) mass is 284 g/mol. The van der Waals surface area contributed by atoms with Crippen LogP contribution in [0, 0.1) is 12.3 Å². The Labute approximate surface area is 125 Å². The molecular weight excluding hydrogens is 264 g/mol. The molecule has 0 saturated heterocycles. The summed E-state index contributed by atoms with van der Waals surface area (Å²) in [7, 11) is 0. The number of hydrogen-bond acceptors (Lipinski definition) is 3. The molecule has 4 heteroatoms. The minimum atomic E-state index is -0.0133. The van der Waals surface area contributed by atoms with Gasteiger partial charge in [0.1, 0.15) is 11.6 Å². The van der Waals surface area contributed by atoms with Crippen LogP contribution in [0.3, 0.4) is 0 Å². The van der Waals surface area contributed by atoms with Crippen molar-refractivity contribution in [2.75, 3.05) is 6.61 Å². The molecule has 21 heavy (non-hydrogen) atoms. The predicted molar refractivity (Wildman–Crippen MR) is 84.5 cm³/mol.